The van der Waals surface area contributed by atoms with Gasteiger partial charge in [0.25, 0.3) is 5.91 Å². The molecule has 0 unspecified atom stereocenters. The molecule has 1 aromatic rings. The van der Waals surface area contributed by atoms with E-state index in [0.717, 1.165) is 5.56 Å². The highest BCUT2D eigenvalue weighted by Gasteiger charge is 2.40. The Morgan fingerprint density at radius 3 is 2.59 bits per heavy atom. The highest BCUT2D eigenvalue weighted by molar-refractivity contribution is 7.99. The largest absolute Gasteiger partial charge is 0.481 e. The molecule has 0 aromatic heterocycles. The molecule has 0 spiro atoms. The number of likely N-dealkylation sites (N-methyl/N-ethyl adjacent to an activating group) is 1. The minimum absolute atomic E-state index is 0.0841. The molecule has 0 aliphatic carbocycles. The molecule has 5 nitrogen and oxygen atoms in total. The minimum Gasteiger partial charge on any atom is -0.481 e. The van der Waals surface area contributed by atoms with Gasteiger partial charge in [-0.2, -0.15) is 0 Å². The minimum atomic E-state index is -1.12. The van der Waals surface area contributed by atoms with Crippen molar-refractivity contribution >= 4 is 29.4 Å². The SMILES string of the molecule is CS[C@@H]1C(C(=O)c2cccc(C)c2)=C(CC(=O)O)C(=O)N1C. The lowest BCUT2D eigenvalue weighted by Gasteiger charge is -2.20. The number of carbonyl (C=O) groups is 3. The summed E-state index contributed by atoms with van der Waals surface area (Å²) in [6, 6.07) is 7.07. The molecule has 116 valence electrons. The van der Waals surface area contributed by atoms with Crippen LogP contribution in [0.3, 0.4) is 0 Å². The zero-order valence-corrected chi connectivity index (χ0v) is 13.4. The average molecular weight is 319 g/mol. The van der Waals surface area contributed by atoms with E-state index in [9.17, 15) is 14.4 Å². The van der Waals surface area contributed by atoms with Gasteiger partial charge in [-0.25, -0.2) is 0 Å². The van der Waals surface area contributed by atoms with Gasteiger partial charge in [0.2, 0.25) is 0 Å². The number of hydrogen-bond acceptors (Lipinski definition) is 4. The molecule has 1 aliphatic rings. The van der Waals surface area contributed by atoms with Crippen LogP contribution in [0.5, 0.6) is 0 Å². The first-order valence-electron chi connectivity index (χ1n) is 6.73. The van der Waals surface area contributed by atoms with Crippen molar-refractivity contribution in [2.75, 3.05) is 13.3 Å². The Hall–Kier alpha value is -2.08. The quantitative estimate of drug-likeness (QED) is 0.841. The first-order chi connectivity index (χ1) is 10.4. The topological polar surface area (TPSA) is 74.7 Å². The number of aryl methyl sites for hydroxylation is 1. The monoisotopic (exact) mass is 319 g/mol. The van der Waals surface area contributed by atoms with E-state index in [1.807, 2.05) is 13.0 Å². The molecule has 2 rings (SSSR count). The number of thioether (sulfide) groups is 1. The molecule has 0 radical (unpaired) electrons. The highest BCUT2D eigenvalue weighted by atomic mass is 32.2. The van der Waals surface area contributed by atoms with Crippen LogP contribution in [-0.2, 0) is 9.59 Å². The number of carbonyl (C=O) groups excluding carboxylic acids is 2. The van der Waals surface area contributed by atoms with E-state index in [1.165, 1.54) is 16.7 Å². The zero-order valence-electron chi connectivity index (χ0n) is 12.6. The summed E-state index contributed by atoms with van der Waals surface area (Å²) in [6.45, 7) is 1.88. The number of amides is 1. The van der Waals surface area contributed by atoms with Crippen LogP contribution < -0.4 is 0 Å². The van der Waals surface area contributed by atoms with Gasteiger partial charge in [-0.1, -0.05) is 23.8 Å². The van der Waals surface area contributed by atoms with Gasteiger partial charge in [0, 0.05) is 23.8 Å². The van der Waals surface area contributed by atoms with Gasteiger partial charge in [0.1, 0.15) is 5.37 Å². The number of carboxylic acids is 1. The van der Waals surface area contributed by atoms with Crippen LogP contribution in [0, 0.1) is 6.92 Å². The van der Waals surface area contributed by atoms with E-state index in [4.69, 9.17) is 5.11 Å². The van der Waals surface area contributed by atoms with Crippen LogP contribution in [0.2, 0.25) is 0 Å². The summed E-state index contributed by atoms with van der Waals surface area (Å²) in [5.41, 5.74) is 1.78. The van der Waals surface area contributed by atoms with E-state index in [-0.39, 0.29) is 16.9 Å². The fourth-order valence-electron chi connectivity index (χ4n) is 2.57. The van der Waals surface area contributed by atoms with Crippen LogP contribution in [0.25, 0.3) is 0 Å². The van der Waals surface area contributed by atoms with E-state index < -0.39 is 23.7 Å². The van der Waals surface area contributed by atoms with Gasteiger partial charge in [-0.15, -0.1) is 11.8 Å². The van der Waals surface area contributed by atoms with Gasteiger partial charge in [-0.05, 0) is 19.2 Å². The van der Waals surface area contributed by atoms with Crippen LogP contribution in [-0.4, -0.2) is 46.3 Å². The molecular weight excluding hydrogens is 302 g/mol. The Balaban J connectivity index is 2.54. The number of rotatable bonds is 5. The van der Waals surface area contributed by atoms with Crippen molar-refractivity contribution in [1.82, 2.24) is 4.90 Å². The lowest BCUT2D eigenvalue weighted by molar-refractivity contribution is -0.137. The first-order valence-corrected chi connectivity index (χ1v) is 8.01. The van der Waals surface area contributed by atoms with Crippen molar-refractivity contribution in [3.8, 4) is 0 Å². The second kappa shape index (κ2) is 6.36. The van der Waals surface area contributed by atoms with Crippen molar-refractivity contribution in [2.45, 2.75) is 18.7 Å². The summed E-state index contributed by atoms with van der Waals surface area (Å²) >= 11 is 1.34. The molecule has 0 fully saturated rings. The normalized spacial score (nSPS) is 18.0. The third-order valence-electron chi connectivity index (χ3n) is 3.58. The Labute approximate surface area is 133 Å². The Kier molecular flexibility index (Phi) is 4.71. The number of benzene rings is 1. The van der Waals surface area contributed by atoms with Crippen LogP contribution in [0.15, 0.2) is 35.4 Å². The number of Topliss-reactive ketones (excluding diaryl/α,β-unsaturated/α-hetero) is 1. The van der Waals surface area contributed by atoms with Gasteiger partial charge >= 0.3 is 5.97 Å². The smallest absolute Gasteiger partial charge is 0.308 e. The maximum Gasteiger partial charge on any atom is 0.308 e. The van der Waals surface area contributed by atoms with E-state index in [0.29, 0.717) is 5.56 Å². The van der Waals surface area contributed by atoms with Crippen molar-refractivity contribution in [3.05, 3.63) is 46.5 Å². The van der Waals surface area contributed by atoms with Gasteiger partial charge < -0.3 is 10.0 Å². The molecule has 1 aliphatic heterocycles. The molecule has 0 saturated carbocycles. The Morgan fingerprint density at radius 1 is 1.36 bits per heavy atom. The van der Waals surface area contributed by atoms with E-state index in [2.05, 4.69) is 0 Å². The van der Waals surface area contributed by atoms with E-state index >= 15 is 0 Å². The zero-order chi connectivity index (χ0) is 16.4. The van der Waals surface area contributed by atoms with Crippen molar-refractivity contribution in [2.24, 2.45) is 0 Å². The maximum absolute atomic E-state index is 12.8. The standard InChI is InChI=1S/C16H17NO4S/c1-9-5-4-6-10(7-9)14(20)13-11(8-12(18)19)15(21)17(2)16(13)22-3/h4-7,16H,8H2,1-3H3,(H,18,19)/t16-/m1/s1. The predicted molar refractivity (Wildman–Crippen MR) is 84.9 cm³/mol. The van der Waals surface area contributed by atoms with Gasteiger partial charge in [-0.3, -0.25) is 14.4 Å². The third kappa shape index (κ3) is 2.92. The first kappa shape index (κ1) is 16.3. The fraction of sp³-hybridized carbons (Fsp3) is 0.312. The summed E-state index contributed by atoms with van der Waals surface area (Å²) in [7, 11) is 1.59. The number of nitrogens with zero attached hydrogens (tertiary/aromatic N) is 1. The van der Waals surface area contributed by atoms with Crippen LogP contribution in [0.1, 0.15) is 22.3 Å². The number of hydrogen-bond donors (Lipinski definition) is 1. The van der Waals surface area contributed by atoms with Crippen molar-refractivity contribution in [1.29, 1.82) is 0 Å². The maximum atomic E-state index is 12.8. The number of aliphatic carboxylic acids is 1. The Morgan fingerprint density at radius 2 is 2.05 bits per heavy atom. The van der Waals surface area contributed by atoms with E-state index in [1.54, 1.807) is 31.5 Å². The Bertz CT molecular complexity index is 680. The molecule has 1 heterocycles. The molecule has 1 aromatic carbocycles. The summed E-state index contributed by atoms with van der Waals surface area (Å²) in [6.07, 6.45) is 1.36. The molecule has 1 N–H and O–H groups in total. The number of carboxylic acid groups (broad SMARTS) is 1. The van der Waals surface area contributed by atoms with Crippen LogP contribution >= 0.6 is 11.8 Å². The third-order valence-corrected chi connectivity index (χ3v) is 4.58. The molecular formula is C16H17NO4S. The summed E-state index contributed by atoms with van der Waals surface area (Å²) in [5, 5.41) is 8.58. The molecule has 0 bridgehead atoms. The molecule has 1 atom stereocenters. The van der Waals surface area contributed by atoms with Crippen molar-refractivity contribution in [3.63, 3.8) is 0 Å². The molecule has 22 heavy (non-hydrogen) atoms. The lowest BCUT2D eigenvalue weighted by Crippen LogP contribution is -2.30. The summed E-state index contributed by atoms with van der Waals surface area (Å²) < 4.78 is 0. The number of ketones is 1. The summed E-state index contributed by atoms with van der Waals surface area (Å²) in [5.74, 6) is -1.79. The van der Waals surface area contributed by atoms with Crippen molar-refractivity contribution < 1.29 is 19.5 Å². The lowest BCUT2D eigenvalue weighted by atomic mass is 9.97. The molecule has 0 saturated heterocycles. The molecule has 1 amide bonds. The van der Waals surface area contributed by atoms with Gasteiger partial charge in [0.15, 0.2) is 5.78 Å². The second-order valence-electron chi connectivity index (χ2n) is 5.17. The molecule has 6 heteroatoms. The average Bonchev–Trinajstić information content (AvgIpc) is 2.70. The fourth-order valence-corrected chi connectivity index (χ4v) is 3.46. The predicted octanol–water partition coefficient (Wildman–Crippen LogP) is 2.11. The second-order valence-corrected chi connectivity index (χ2v) is 6.08. The van der Waals surface area contributed by atoms with Crippen LogP contribution in [0.4, 0.5) is 0 Å². The summed E-state index contributed by atoms with van der Waals surface area (Å²) in [4.78, 5) is 37.5. The highest BCUT2D eigenvalue weighted by Crippen LogP contribution is 2.34. The van der Waals surface area contributed by atoms with Gasteiger partial charge in [0.05, 0.1) is 6.42 Å².